The number of hydrogen-bond acceptors (Lipinski definition) is 5. The molecule has 0 aromatic carbocycles. The summed E-state index contributed by atoms with van der Waals surface area (Å²) in [6.45, 7) is 8.13. The summed E-state index contributed by atoms with van der Waals surface area (Å²) in [5, 5.41) is 4.74. The summed E-state index contributed by atoms with van der Waals surface area (Å²) in [7, 11) is 0. The number of fused-ring (bicyclic) bond motifs is 1. The Hall–Kier alpha value is -2.06. The quantitative estimate of drug-likeness (QED) is 0.851. The molecule has 2 aromatic rings. The van der Waals surface area contributed by atoms with Gasteiger partial charge in [0.05, 0.1) is 30.5 Å². The molecule has 1 saturated carbocycles. The lowest BCUT2D eigenvalue weighted by atomic mass is 10.1. The fraction of sp³-hybridized carbons (Fsp3) is 0.600. The largest absolute Gasteiger partial charge is 0.383 e. The first-order valence-corrected chi connectivity index (χ1v) is 9.89. The van der Waals surface area contributed by atoms with Gasteiger partial charge in [0.2, 0.25) is 0 Å². The average Bonchev–Trinajstić information content (AvgIpc) is 2.97. The summed E-state index contributed by atoms with van der Waals surface area (Å²) in [6, 6.07) is 4.27. The van der Waals surface area contributed by atoms with Crippen molar-refractivity contribution in [2.45, 2.75) is 38.3 Å². The number of hydrogen-bond donors (Lipinski definition) is 1. The molecule has 3 aliphatic rings. The van der Waals surface area contributed by atoms with Gasteiger partial charge in [-0.05, 0) is 37.8 Å². The van der Waals surface area contributed by atoms with E-state index in [0.29, 0.717) is 35.1 Å². The molecule has 8 heteroatoms. The number of piperidine rings is 1. The topological polar surface area (TPSA) is 69.2 Å². The first kappa shape index (κ1) is 18.0. The van der Waals surface area contributed by atoms with Crippen molar-refractivity contribution in [3.63, 3.8) is 0 Å². The van der Waals surface area contributed by atoms with Crippen LogP contribution < -0.4 is 5.73 Å². The molecule has 4 heterocycles. The van der Waals surface area contributed by atoms with E-state index in [0.717, 1.165) is 26.3 Å². The fourth-order valence-corrected chi connectivity index (χ4v) is 4.75. The smallest absolute Gasteiger partial charge is 0.267 e. The van der Waals surface area contributed by atoms with E-state index in [1.54, 1.807) is 0 Å². The third kappa shape index (κ3) is 2.81. The number of nitrogen functional groups attached to an aromatic ring is 1. The zero-order valence-corrected chi connectivity index (χ0v) is 16.1. The van der Waals surface area contributed by atoms with E-state index < -0.39 is 6.43 Å². The van der Waals surface area contributed by atoms with E-state index in [1.807, 2.05) is 4.68 Å². The molecule has 0 amide bonds. The molecule has 0 bridgehead atoms. The zero-order chi connectivity index (χ0) is 19.6. The van der Waals surface area contributed by atoms with E-state index >= 15 is 0 Å². The van der Waals surface area contributed by atoms with E-state index in [1.165, 1.54) is 18.0 Å². The molecule has 2 aliphatic heterocycles. The minimum Gasteiger partial charge on any atom is -0.383 e. The number of rotatable bonds is 5. The molecule has 150 valence electrons. The number of aromatic nitrogens is 3. The Bertz CT molecular complexity index is 883. The average molecular weight is 389 g/mol. The number of halogens is 2. The minimum absolute atomic E-state index is 0.126. The molecule has 2 saturated heterocycles. The van der Waals surface area contributed by atoms with Crippen LogP contribution in [0.4, 0.5) is 14.6 Å². The SMILES string of the molecule is CC(C)n1nc(-c2cnc(N)c(C(F)F)c2)cc1C1[C@@H]2CN(C3COC3)C[C@@H]12. The predicted molar refractivity (Wildman–Crippen MR) is 101 cm³/mol. The Labute approximate surface area is 162 Å². The zero-order valence-electron chi connectivity index (χ0n) is 16.1. The Balaban J connectivity index is 1.42. The van der Waals surface area contributed by atoms with Gasteiger partial charge >= 0.3 is 0 Å². The summed E-state index contributed by atoms with van der Waals surface area (Å²) in [5.41, 5.74) is 7.84. The van der Waals surface area contributed by atoms with Gasteiger partial charge in [0, 0.05) is 42.5 Å². The van der Waals surface area contributed by atoms with Crippen molar-refractivity contribution < 1.29 is 13.5 Å². The molecular weight excluding hydrogens is 364 g/mol. The Morgan fingerprint density at radius 2 is 1.89 bits per heavy atom. The lowest BCUT2D eigenvalue weighted by Crippen LogP contribution is -2.48. The van der Waals surface area contributed by atoms with Gasteiger partial charge < -0.3 is 10.5 Å². The Morgan fingerprint density at radius 3 is 2.46 bits per heavy atom. The van der Waals surface area contributed by atoms with E-state index in [4.69, 9.17) is 15.6 Å². The number of alkyl halides is 2. The van der Waals surface area contributed by atoms with Gasteiger partial charge in [-0.3, -0.25) is 9.58 Å². The van der Waals surface area contributed by atoms with Crippen molar-refractivity contribution in [3.05, 3.63) is 29.6 Å². The second kappa shape index (κ2) is 6.49. The van der Waals surface area contributed by atoms with Crippen molar-refractivity contribution in [2.24, 2.45) is 11.8 Å². The highest BCUT2D eigenvalue weighted by molar-refractivity contribution is 5.62. The number of likely N-dealkylation sites (tertiary alicyclic amines) is 1. The second-order valence-corrected chi connectivity index (χ2v) is 8.49. The molecule has 0 unspecified atom stereocenters. The lowest BCUT2D eigenvalue weighted by molar-refractivity contribution is -0.0610. The van der Waals surface area contributed by atoms with E-state index in [-0.39, 0.29) is 17.4 Å². The maximum absolute atomic E-state index is 13.2. The third-order valence-corrected chi connectivity index (χ3v) is 6.43. The van der Waals surface area contributed by atoms with Gasteiger partial charge in [-0.15, -0.1) is 0 Å². The molecule has 2 N–H and O–H groups in total. The highest BCUT2D eigenvalue weighted by Gasteiger charge is 2.58. The van der Waals surface area contributed by atoms with Crippen molar-refractivity contribution in [3.8, 4) is 11.3 Å². The molecule has 5 rings (SSSR count). The first-order chi connectivity index (χ1) is 13.4. The molecule has 3 fully saturated rings. The van der Waals surface area contributed by atoms with Crippen LogP contribution in [0.5, 0.6) is 0 Å². The van der Waals surface area contributed by atoms with Crippen LogP contribution in [-0.4, -0.2) is 52.0 Å². The van der Waals surface area contributed by atoms with E-state index in [9.17, 15) is 8.78 Å². The van der Waals surface area contributed by atoms with Crippen molar-refractivity contribution >= 4 is 5.82 Å². The number of ether oxygens (including phenoxy) is 1. The van der Waals surface area contributed by atoms with E-state index in [2.05, 4.69) is 29.8 Å². The van der Waals surface area contributed by atoms with Crippen molar-refractivity contribution in [1.29, 1.82) is 0 Å². The van der Waals surface area contributed by atoms with Crippen LogP contribution >= 0.6 is 0 Å². The van der Waals surface area contributed by atoms with Crippen LogP contribution in [0.1, 0.15) is 43.5 Å². The molecule has 1 aliphatic carbocycles. The summed E-state index contributed by atoms with van der Waals surface area (Å²) in [5.74, 6) is 1.68. The monoisotopic (exact) mass is 389 g/mol. The van der Waals surface area contributed by atoms with Crippen LogP contribution in [0.15, 0.2) is 18.3 Å². The summed E-state index contributed by atoms with van der Waals surface area (Å²) in [4.78, 5) is 6.50. The van der Waals surface area contributed by atoms with Crippen LogP contribution in [0.2, 0.25) is 0 Å². The lowest BCUT2D eigenvalue weighted by Gasteiger charge is -2.35. The van der Waals surface area contributed by atoms with Crippen LogP contribution in [0.3, 0.4) is 0 Å². The third-order valence-electron chi connectivity index (χ3n) is 6.43. The van der Waals surface area contributed by atoms with Gasteiger partial charge in [-0.1, -0.05) is 0 Å². The number of nitrogens with two attached hydrogens (primary N) is 1. The number of anilines is 1. The van der Waals surface area contributed by atoms with Crippen LogP contribution in [-0.2, 0) is 4.74 Å². The van der Waals surface area contributed by atoms with Gasteiger partial charge in [-0.25, -0.2) is 13.8 Å². The predicted octanol–water partition coefficient (Wildman–Crippen LogP) is 3.09. The maximum Gasteiger partial charge on any atom is 0.267 e. The normalized spacial score (nSPS) is 27.4. The van der Waals surface area contributed by atoms with Gasteiger partial charge in [0.15, 0.2) is 0 Å². The second-order valence-electron chi connectivity index (χ2n) is 8.49. The summed E-state index contributed by atoms with van der Waals surface area (Å²) >= 11 is 0. The Kier molecular flexibility index (Phi) is 4.17. The van der Waals surface area contributed by atoms with Crippen LogP contribution in [0, 0.1) is 11.8 Å². The molecule has 2 atom stereocenters. The fourth-order valence-electron chi connectivity index (χ4n) is 4.75. The summed E-state index contributed by atoms with van der Waals surface area (Å²) in [6.07, 6.45) is -1.12. The van der Waals surface area contributed by atoms with Crippen molar-refractivity contribution in [1.82, 2.24) is 19.7 Å². The number of pyridine rings is 1. The maximum atomic E-state index is 13.2. The minimum atomic E-state index is -2.65. The van der Waals surface area contributed by atoms with Crippen molar-refractivity contribution in [2.75, 3.05) is 32.0 Å². The molecule has 2 aromatic heterocycles. The molecule has 0 radical (unpaired) electrons. The van der Waals surface area contributed by atoms with Gasteiger partial charge in [0.1, 0.15) is 5.82 Å². The number of nitrogens with zero attached hydrogens (tertiary/aromatic N) is 4. The Morgan fingerprint density at radius 1 is 1.18 bits per heavy atom. The molecule has 6 nitrogen and oxygen atoms in total. The highest BCUT2D eigenvalue weighted by Crippen LogP contribution is 2.59. The molecular formula is C20H25F2N5O. The van der Waals surface area contributed by atoms with Gasteiger partial charge in [0.25, 0.3) is 6.43 Å². The molecule has 28 heavy (non-hydrogen) atoms. The highest BCUT2D eigenvalue weighted by atomic mass is 19.3. The van der Waals surface area contributed by atoms with Crippen LogP contribution in [0.25, 0.3) is 11.3 Å². The standard InChI is InChI=1S/C20H25F2N5O/c1-10(2)27-17(18-14-6-26(7-15(14)18)12-8-28-9-12)4-16(25-27)11-3-13(19(21)22)20(23)24-5-11/h3-5,10,12,14-15,18-19H,6-9H2,1-2H3,(H2,23,24)/t14-,15-/m1/s1. The summed E-state index contributed by atoms with van der Waals surface area (Å²) < 4.78 is 33.8. The van der Waals surface area contributed by atoms with Gasteiger partial charge in [-0.2, -0.15) is 5.10 Å². The first-order valence-electron chi connectivity index (χ1n) is 9.89. The molecule has 0 spiro atoms.